The van der Waals surface area contributed by atoms with Crippen LogP contribution in [0.1, 0.15) is 41.3 Å². The quantitative estimate of drug-likeness (QED) is 0.659. The molecule has 0 bridgehead atoms. The SMILES string of the molecule is CN(Cc1cccc(Cl)c1)C(=O)NC1CCCc2c1cnn2Cc1ccccc1. The van der Waals surface area contributed by atoms with E-state index < -0.39 is 0 Å². The van der Waals surface area contributed by atoms with E-state index in [0.717, 1.165) is 36.9 Å². The number of aromatic nitrogens is 2. The lowest BCUT2D eigenvalue weighted by atomic mass is 9.93. The lowest BCUT2D eigenvalue weighted by Gasteiger charge is -2.27. The van der Waals surface area contributed by atoms with Gasteiger partial charge in [-0.15, -0.1) is 0 Å². The zero-order chi connectivity index (χ0) is 20.2. The Hall–Kier alpha value is -2.79. The standard InChI is InChI=1S/C23H25ClN4O/c1-27(15-18-9-5-10-19(24)13-18)23(29)26-21-11-6-12-22-20(21)14-25-28(22)16-17-7-3-2-4-8-17/h2-5,7-10,13-14,21H,6,11-12,15-16H2,1H3,(H,26,29). The summed E-state index contributed by atoms with van der Waals surface area (Å²) in [5.74, 6) is 0. The molecule has 1 atom stereocenters. The van der Waals surface area contributed by atoms with Gasteiger partial charge in [0.15, 0.2) is 0 Å². The normalized spacial score (nSPS) is 15.6. The summed E-state index contributed by atoms with van der Waals surface area (Å²) < 4.78 is 2.07. The number of halogens is 1. The maximum atomic E-state index is 12.8. The lowest BCUT2D eigenvalue weighted by Crippen LogP contribution is -2.40. The summed E-state index contributed by atoms with van der Waals surface area (Å²) >= 11 is 6.05. The Morgan fingerprint density at radius 1 is 1.21 bits per heavy atom. The van der Waals surface area contributed by atoms with Gasteiger partial charge >= 0.3 is 6.03 Å². The molecule has 1 heterocycles. The number of carbonyl (C=O) groups excluding carboxylic acids is 1. The van der Waals surface area contributed by atoms with Crippen LogP contribution in [0.3, 0.4) is 0 Å². The fourth-order valence-corrected chi connectivity index (χ4v) is 4.11. The first kappa shape index (κ1) is 19.5. The van der Waals surface area contributed by atoms with Gasteiger partial charge in [-0.3, -0.25) is 4.68 Å². The van der Waals surface area contributed by atoms with Gasteiger partial charge in [0.2, 0.25) is 0 Å². The third-order valence-corrected chi connectivity index (χ3v) is 5.63. The second-order valence-corrected chi connectivity index (χ2v) is 8.01. The Balaban J connectivity index is 1.43. The number of rotatable bonds is 5. The van der Waals surface area contributed by atoms with E-state index in [-0.39, 0.29) is 12.1 Å². The summed E-state index contributed by atoms with van der Waals surface area (Å²) in [7, 11) is 1.80. The molecule has 2 aromatic carbocycles. The van der Waals surface area contributed by atoms with Gasteiger partial charge in [-0.2, -0.15) is 5.10 Å². The van der Waals surface area contributed by atoms with Crippen molar-refractivity contribution in [3.63, 3.8) is 0 Å². The van der Waals surface area contributed by atoms with Gasteiger partial charge in [0, 0.05) is 29.9 Å². The van der Waals surface area contributed by atoms with Crippen molar-refractivity contribution in [3.05, 3.63) is 88.2 Å². The topological polar surface area (TPSA) is 50.2 Å². The highest BCUT2D eigenvalue weighted by molar-refractivity contribution is 6.30. The molecular weight excluding hydrogens is 384 g/mol. The van der Waals surface area contributed by atoms with Crippen LogP contribution >= 0.6 is 11.6 Å². The van der Waals surface area contributed by atoms with E-state index in [2.05, 4.69) is 27.2 Å². The first-order valence-electron chi connectivity index (χ1n) is 9.95. The molecule has 3 aromatic rings. The number of carbonyl (C=O) groups is 1. The molecule has 29 heavy (non-hydrogen) atoms. The van der Waals surface area contributed by atoms with Crippen LogP contribution in [0.15, 0.2) is 60.8 Å². The summed E-state index contributed by atoms with van der Waals surface area (Å²) in [6.45, 7) is 1.27. The van der Waals surface area contributed by atoms with E-state index in [1.165, 1.54) is 11.3 Å². The molecule has 0 radical (unpaired) electrons. The van der Waals surface area contributed by atoms with Gasteiger partial charge in [-0.25, -0.2) is 4.79 Å². The van der Waals surface area contributed by atoms with E-state index in [0.29, 0.717) is 11.6 Å². The first-order valence-corrected chi connectivity index (χ1v) is 10.3. The highest BCUT2D eigenvalue weighted by Gasteiger charge is 2.26. The zero-order valence-electron chi connectivity index (χ0n) is 16.5. The number of nitrogens with zero attached hydrogens (tertiary/aromatic N) is 3. The molecule has 1 N–H and O–H groups in total. The Labute approximate surface area is 176 Å². The highest BCUT2D eigenvalue weighted by atomic mass is 35.5. The lowest BCUT2D eigenvalue weighted by molar-refractivity contribution is 0.201. The van der Waals surface area contributed by atoms with Crippen LogP contribution in [-0.4, -0.2) is 27.8 Å². The van der Waals surface area contributed by atoms with Gasteiger partial charge in [0.05, 0.1) is 18.8 Å². The third kappa shape index (κ3) is 4.62. The number of benzene rings is 2. The minimum atomic E-state index is -0.0846. The molecule has 0 saturated carbocycles. The van der Waals surface area contributed by atoms with Crippen LogP contribution in [0.5, 0.6) is 0 Å². The van der Waals surface area contributed by atoms with E-state index in [1.54, 1.807) is 11.9 Å². The molecule has 2 amide bonds. The Kier molecular flexibility index (Phi) is 5.86. The van der Waals surface area contributed by atoms with Crippen molar-refractivity contribution in [1.29, 1.82) is 0 Å². The minimum absolute atomic E-state index is 0.00224. The Morgan fingerprint density at radius 3 is 2.79 bits per heavy atom. The van der Waals surface area contributed by atoms with Gasteiger partial charge in [0.1, 0.15) is 0 Å². The molecule has 1 unspecified atom stereocenters. The van der Waals surface area contributed by atoms with Crippen LogP contribution in [0, 0.1) is 0 Å². The molecule has 1 aliphatic rings. The summed E-state index contributed by atoms with van der Waals surface area (Å²) in [5, 5.41) is 8.48. The van der Waals surface area contributed by atoms with Crippen molar-refractivity contribution in [2.24, 2.45) is 0 Å². The highest BCUT2D eigenvalue weighted by Crippen LogP contribution is 2.30. The Bertz CT molecular complexity index is 986. The van der Waals surface area contributed by atoms with Crippen molar-refractivity contribution in [2.75, 3.05) is 7.05 Å². The predicted molar refractivity (Wildman–Crippen MR) is 115 cm³/mol. The molecule has 5 nitrogen and oxygen atoms in total. The molecule has 4 rings (SSSR count). The largest absolute Gasteiger partial charge is 0.331 e. The van der Waals surface area contributed by atoms with Crippen molar-refractivity contribution >= 4 is 17.6 Å². The average Bonchev–Trinajstić information content (AvgIpc) is 3.12. The second kappa shape index (κ2) is 8.70. The van der Waals surface area contributed by atoms with Gasteiger partial charge in [0.25, 0.3) is 0 Å². The van der Waals surface area contributed by atoms with Gasteiger partial charge < -0.3 is 10.2 Å². The second-order valence-electron chi connectivity index (χ2n) is 7.57. The average molecular weight is 409 g/mol. The van der Waals surface area contributed by atoms with Crippen LogP contribution < -0.4 is 5.32 Å². The maximum absolute atomic E-state index is 12.8. The number of hydrogen-bond acceptors (Lipinski definition) is 2. The monoisotopic (exact) mass is 408 g/mol. The zero-order valence-corrected chi connectivity index (χ0v) is 17.3. The van der Waals surface area contributed by atoms with Crippen molar-refractivity contribution in [3.8, 4) is 0 Å². The Morgan fingerprint density at radius 2 is 2.00 bits per heavy atom. The first-order chi connectivity index (χ1) is 14.1. The minimum Gasteiger partial charge on any atom is -0.331 e. The molecule has 150 valence electrons. The van der Waals surface area contributed by atoms with Crippen molar-refractivity contribution < 1.29 is 4.79 Å². The van der Waals surface area contributed by atoms with Crippen molar-refractivity contribution in [1.82, 2.24) is 20.0 Å². The molecule has 0 fully saturated rings. The molecule has 1 aromatic heterocycles. The molecule has 0 saturated heterocycles. The maximum Gasteiger partial charge on any atom is 0.317 e. The summed E-state index contributed by atoms with van der Waals surface area (Å²) in [6, 6.07) is 17.8. The van der Waals surface area contributed by atoms with Crippen molar-refractivity contribution in [2.45, 2.75) is 38.4 Å². The van der Waals surface area contributed by atoms with Crippen LogP contribution in [0.25, 0.3) is 0 Å². The third-order valence-electron chi connectivity index (χ3n) is 5.39. The van der Waals surface area contributed by atoms with Gasteiger partial charge in [-0.1, -0.05) is 54.1 Å². The van der Waals surface area contributed by atoms with Crippen LogP contribution in [0.2, 0.25) is 5.02 Å². The number of amides is 2. The number of nitrogens with one attached hydrogen (secondary N) is 1. The molecule has 0 aliphatic heterocycles. The number of urea groups is 1. The van der Waals surface area contributed by atoms with Crippen LogP contribution in [-0.2, 0) is 19.5 Å². The van der Waals surface area contributed by atoms with E-state index >= 15 is 0 Å². The van der Waals surface area contributed by atoms with E-state index in [1.807, 2.05) is 48.7 Å². The summed E-state index contributed by atoms with van der Waals surface area (Å²) in [6.07, 6.45) is 4.88. The molecule has 1 aliphatic carbocycles. The predicted octanol–water partition coefficient (Wildman–Crippen LogP) is 4.80. The smallest absolute Gasteiger partial charge is 0.317 e. The number of fused-ring (bicyclic) bond motifs is 1. The molecular formula is C23H25ClN4O. The van der Waals surface area contributed by atoms with E-state index in [9.17, 15) is 4.79 Å². The van der Waals surface area contributed by atoms with Crippen LogP contribution in [0.4, 0.5) is 4.79 Å². The van der Waals surface area contributed by atoms with E-state index in [4.69, 9.17) is 11.6 Å². The summed E-state index contributed by atoms with van der Waals surface area (Å²) in [5.41, 5.74) is 4.60. The fraction of sp³-hybridized carbons (Fsp3) is 0.304. The fourth-order valence-electron chi connectivity index (χ4n) is 3.90. The molecule has 6 heteroatoms. The summed E-state index contributed by atoms with van der Waals surface area (Å²) in [4.78, 5) is 14.5. The van der Waals surface area contributed by atoms with Gasteiger partial charge in [-0.05, 0) is 42.5 Å². The number of hydrogen-bond donors (Lipinski definition) is 1. The molecule has 0 spiro atoms.